The van der Waals surface area contributed by atoms with E-state index in [9.17, 15) is 0 Å². The van der Waals surface area contributed by atoms with Gasteiger partial charge < -0.3 is 14.3 Å². The zero-order valence-electron chi connectivity index (χ0n) is 34.6. The van der Waals surface area contributed by atoms with Gasteiger partial charge in [0.2, 0.25) is 0 Å². The van der Waals surface area contributed by atoms with E-state index in [4.69, 9.17) is 14.4 Å². The number of aromatic nitrogens is 1. The van der Waals surface area contributed by atoms with Crippen LogP contribution in [0.2, 0.25) is 0 Å². The molecule has 2 aromatic heterocycles. The molecule has 5 heteroatoms. The van der Waals surface area contributed by atoms with Crippen molar-refractivity contribution in [3.8, 4) is 27.9 Å². The summed E-state index contributed by atoms with van der Waals surface area (Å²) in [4.78, 5) is 10.2. The zero-order valence-corrected chi connectivity index (χ0v) is 34.6. The molecule has 3 heterocycles. The van der Waals surface area contributed by atoms with Gasteiger partial charge in [-0.1, -0.05) is 188 Å². The zero-order chi connectivity index (χ0) is 42.1. The number of aliphatic imine (C=N–C) groups is 2. The molecule has 0 saturated heterocycles. The van der Waals surface area contributed by atoms with E-state index in [0.29, 0.717) is 5.84 Å². The monoisotopic (exact) mass is 818 g/mol. The Bertz CT molecular complexity index is 3710. The standard InChI is InChI=1S/C59H38N4O/c1-5-18-37(19-6-1)48-35-51-54(45-28-15-13-26-42(45)48)55-46-29-16-14-27-43(46)49(38-20-7-2-8-21-38)36-52(55)63(51)50-31-17-30-47-44-33-32-41(34-53(44)64-56(47)50)59-61-57(39-22-9-3-10-23-39)60-58(62-59)40-24-11-4-12-25-40/h1-36,57H,(H,60,61,62). The summed E-state index contributed by atoms with van der Waals surface area (Å²) >= 11 is 0. The average Bonchev–Trinajstić information content (AvgIpc) is 3.92. The van der Waals surface area contributed by atoms with E-state index < -0.39 is 0 Å². The molecule has 0 radical (unpaired) electrons. The molecule has 0 aliphatic carbocycles. The number of benzene rings is 10. The Morgan fingerprint density at radius 1 is 0.422 bits per heavy atom. The number of furan rings is 1. The summed E-state index contributed by atoms with van der Waals surface area (Å²) < 4.78 is 9.58. The van der Waals surface area contributed by atoms with Crippen LogP contribution in [0.25, 0.3) is 93.2 Å². The molecule has 5 nitrogen and oxygen atoms in total. The lowest BCUT2D eigenvalue weighted by Gasteiger charge is -2.23. The molecule has 12 aromatic rings. The maximum absolute atomic E-state index is 7.13. The summed E-state index contributed by atoms with van der Waals surface area (Å²) in [6, 6.07) is 77.5. The van der Waals surface area contributed by atoms with Crippen LogP contribution in [0.15, 0.2) is 233 Å². The lowest BCUT2D eigenvalue weighted by molar-refractivity contribution is 0.664. The molecular weight excluding hydrogens is 781 g/mol. The maximum Gasteiger partial charge on any atom is 0.159 e. The van der Waals surface area contributed by atoms with Crippen molar-refractivity contribution >= 4 is 77.0 Å². The summed E-state index contributed by atoms with van der Waals surface area (Å²) in [7, 11) is 0. The minimum Gasteiger partial charge on any atom is -0.454 e. The van der Waals surface area contributed by atoms with Crippen molar-refractivity contribution in [1.29, 1.82) is 0 Å². The number of hydrogen-bond acceptors (Lipinski definition) is 4. The van der Waals surface area contributed by atoms with Crippen LogP contribution in [0.1, 0.15) is 22.9 Å². The Balaban J connectivity index is 1.08. The fraction of sp³-hybridized carbons (Fsp3) is 0.0169. The van der Waals surface area contributed by atoms with Crippen molar-refractivity contribution in [3.05, 3.63) is 235 Å². The summed E-state index contributed by atoms with van der Waals surface area (Å²) in [6.45, 7) is 0. The second kappa shape index (κ2) is 14.5. The molecular formula is C59H38N4O. The Hall–Kier alpha value is -8.54. The van der Waals surface area contributed by atoms with Crippen molar-refractivity contribution in [1.82, 2.24) is 9.88 Å². The number of hydrogen-bond donors (Lipinski definition) is 1. The molecule has 0 saturated carbocycles. The highest BCUT2D eigenvalue weighted by Gasteiger charge is 2.25. The molecule has 1 N–H and O–H groups in total. The average molecular weight is 819 g/mol. The number of amidine groups is 2. The van der Waals surface area contributed by atoms with Crippen LogP contribution in [0, 0.1) is 0 Å². The van der Waals surface area contributed by atoms with E-state index in [1.165, 1.54) is 54.6 Å². The Kier molecular flexibility index (Phi) is 8.21. The molecule has 13 rings (SSSR count). The Morgan fingerprint density at radius 2 is 0.938 bits per heavy atom. The minimum absolute atomic E-state index is 0.300. The van der Waals surface area contributed by atoms with Crippen LogP contribution in [0.3, 0.4) is 0 Å². The summed E-state index contributed by atoms with van der Waals surface area (Å²) in [5.41, 5.74) is 12.5. The van der Waals surface area contributed by atoms with Crippen LogP contribution in [-0.4, -0.2) is 16.2 Å². The molecule has 1 aliphatic rings. The van der Waals surface area contributed by atoms with Gasteiger partial charge in [0.25, 0.3) is 0 Å². The van der Waals surface area contributed by atoms with Crippen molar-refractivity contribution in [3.63, 3.8) is 0 Å². The van der Waals surface area contributed by atoms with Crippen LogP contribution < -0.4 is 5.32 Å². The van der Waals surface area contributed by atoms with Crippen molar-refractivity contribution in [2.45, 2.75) is 6.17 Å². The number of rotatable bonds is 6. The van der Waals surface area contributed by atoms with E-state index in [-0.39, 0.29) is 6.17 Å². The van der Waals surface area contributed by atoms with Gasteiger partial charge >= 0.3 is 0 Å². The van der Waals surface area contributed by atoms with Crippen LogP contribution in [0.5, 0.6) is 0 Å². The summed E-state index contributed by atoms with van der Waals surface area (Å²) in [5.74, 6) is 1.43. The predicted octanol–water partition coefficient (Wildman–Crippen LogP) is 14.8. The van der Waals surface area contributed by atoms with Gasteiger partial charge in [-0.15, -0.1) is 0 Å². The van der Waals surface area contributed by atoms with Gasteiger partial charge in [0.15, 0.2) is 11.4 Å². The number of nitrogens with zero attached hydrogens (tertiary/aromatic N) is 3. The molecule has 0 bridgehead atoms. The molecule has 64 heavy (non-hydrogen) atoms. The first-order valence-corrected chi connectivity index (χ1v) is 21.8. The van der Waals surface area contributed by atoms with E-state index in [2.05, 4.69) is 192 Å². The normalized spacial score (nSPS) is 14.1. The first kappa shape index (κ1) is 36.1. The van der Waals surface area contributed by atoms with Crippen molar-refractivity contribution < 1.29 is 4.42 Å². The fourth-order valence-electron chi connectivity index (χ4n) is 9.93. The van der Waals surface area contributed by atoms with E-state index in [0.717, 1.165) is 61.2 Å². The largest absolute Gasteiger partial charge is 0.454 e. The van der Waals surface area contributed by atoms with Gasteiger partial charge in [-0.25, -0.2) is 9.98 Å². The molecule has 1 aliphatic heterocycles. The van der Waals surface area contributed by atoms with Crippen LogP contribution in [-0.2, 0) is 0 Å². The maximum atomic E-state index is 7.13. The van der Waals surface area contributed by atoms with Gasteiger partial charge in [0.05, 0.1) is 16.7 Å². The highest BCUT2D eigenvalue weighted by molar-refractivity contribution is 6.32. The first-order valence-electron chi connectivity index (χ1n) is 21.8. The second-order valence-corrected chi connectivity index (χ2v) is 16.5. The topological polar surface area (TPSA) is 54.8 Å². The fourth-order valence-corrected chi connectivity index (χ4v) is 9.93. The van der Waals surface area contributed by atoms with Gasteiger partial charge in [0, 0.05) is 32.7 Å². The van der Waals surface area contributed by atoms with Gasteiger partial charge in [-0.3, -0.25) is 0 Å². The third-order valence-electron chi connectivity index (χ3n) is 12.8. The predicted molar refractivity (Wildman–Crippen MR) is 266 cm³/mol. The minimum atomic E-state index is -0.300. The molecule has 1 unspecified atom stereocenters. The molecule has 1 atom stereocenters. The van der Waals surface area contributed by atoms with Crippen molar-refractivity contribution in [2.75, 3.05) is 0 Å². The highest BCUT2D eigenvalue weighted by atomic mass is 16.3. The smallest absolute Gasteiger partial charge is 0.159 e. The lowest BCUT2D eigenvalue weighted by atomic mass is 9.92. The van der Waals surface area contributed by atoms with Crippen LogP contribution >= 0.6 is 0 Å². The molecule has 300 valence electrons. The number of nitrogens with one attached hydrogen (secondary N) is 1. The van der Waals surface area contributed by atoms with Gasteiger partial charge in [-0.05, 0) is 79.7 Å². The van der Waals surface area contributed by atoms with E-state index in [1.54, 1.807) is 0 Å². The quantitative estimate of drug-likeness (QED) is 0.182. The molecule has 0 amide bonds. The number of fused-ring (bicyclic) bond motifs is 10. The second-order valence-electron chi connectivity index (χ2n) is 16.5. The van der Waals surface area contributed by atoms with E-state index in [1.807, 2.05) is 36.4 Å². The third kappa shape index (κ3) is 5.71. The summed E-state index contributed by atoms with van der Waals surface area (Å²) in [6.07, 6.45) is -0.300. The number of para-hydroxylation sites is 1. The van der Waals surface area contributed by atoms with E-state index >= 15 is 0 Å². The SMILES string of the molecule is c1ccc(C2=NC(c3ccccc3)NC(c3ccc4c(c3)oc3c(-n5c6cc(-c7ccccc7)c7ccccc7c6c6c7ccccc7c(-c7ccccc7)cc65)cccc34)=N2)cc1. The Morgan fingerprint density at radius 3 is 1.53 bits per heavy atom. The third-order valence-corrected chi connectivity index (χ3v) is 12.8. The van der Waals surface area contributed by atoms with Crippen molar-refractivity contribution in [2.24, 2.45) is 9.98 Å². The van der Waals surface area contributed by atoms with Gasteiger partial charge in [-0.2, -0.15) is 0 Å². The lowest BCUT2D eigenvalue weighted by Crippen LogP contribution is -2.33. The molecule has 0 fully saturated rings. The van der Waals surface area contributed by atoms with Gasteiger partial charge in [0.1, 0.15) is 17.6 Å². The highest BCUT2D eigenvalue weighted by Crippen LogP contribution is 2.47. The molecule has 0 spiro atoms. The first-order chi connectivity index (χ1) is 31.7. The van der Waals surface area contributed by atoms with Crippen LogP contribution in [0.4, 0.5) is 0 Å². The summed E-state index contributed by atoms with van der Waals surface area (Å²) in [5, 5.41) is 13.1. The Labute approximate surface area is 368 Å². The molecule has 10 aromatic carbocycles.